The zero-order chi connectivity index (χ0) is 11.5. The molecule has 0 radical (unpaired) electrons. The van der Waals surface area contributed by atoms with E-state index in [0.29, 0.717) is 6.10 Å². The quantitative estimate of drug-likeness (QED) is 0.756. The molecule has 0 spiro atoms. The van der Waals surface area contributed by atoms with Crippen molar-refractivity contribution in [3.05, 3.63) is 0 Å². The topological polar surface area (TPSA) is 38.5 Å². The molecule has 1 fully saturated rings. The molecular weight excluding hydrogens is 188 g/mol. The van der Waals surface area contributed by atoms with Crippen LogP contribution in [0.2, 0.25) is 0 Å². The Morgan fingerprint density at radius 3 is 2.73 bits per heavy atom. The van der Waals surface area contributed by atoms with Crippen LogP contribution in [0.5, 0.6) is 0 Å². The third-order valence-electron chi connectivity index (χ3n) is 3.10. The van der Waals surface area contributed by atoms with Crippen molar-refractivity contribution in [2.75, 3.05) is 26.2 Å². The Morgan fingerprint density at radius 1 is 1.47 bits per heavy atom. The van der Waals surface area contributed by atoms with Gasteiger partial charge in [-0.3, -0.25) is 4.90 Å². The molecule has 0 amide bonds. The predicted molar refractivity (Wildman–Crippen MR) is 63.9 cm³/mol. The first kappa shape index (κ1) is 12.9. The van der Waals surface area contributed by atoms with Crippen LogP contribution in [0.15, 0.2) is 0 Å². The minimum atomic E-state index is 0.191. The Bertz CT molecular complexity index is 189. The van der Waals surface area contributed by atoms with Gasteiger partial charge in [-0.1, -0.05) is 20.8 Å². The smallest absolute Gasteiger partial charge is 0.0673 e. The van der Waals surface area contributed by atoms with Crippen molar-refractivity contribution in [2.45, 2.75) is 46.3 Å². The van der Waals surface area contributed by atoms with Gasteiger partial charge in [0.05, 0.1) is 6.10 Å². The second-order valence-corrected chi connectivity index (χ2v) is 5.77. The van der Waals surface area contributed by atoms with Gasteiger partial charge in [0.15, 0.2) is 0 Å². The first-order chi connectivity index (χ1) is 6.89. The van der Waals surface area contributed by atoms with Gasteiger partial charge in [0, 0.05) is 32.3 Å². The lowest BCUT2D eigenvalue weighted by Gasteiger charge is -2.32. The molecule has 1 aliphatic rings. The number of ether oxygens (including phenoxy) is 1. The first-order valence-corrected chi connectivity index (χ1v) is 5.99. The van der Waals surface area contributed by atoms with Gasteiger partial charge in [-0.25, -0.2) is 0 Å². The molecule has 0 aromatic heterocycles. The van der Waals surface area contributed by atoms with E-state index in [9.17, 15) is 0 Å². The van der Waals surface area contributed by atoms with Crippen molar-refractivity contribution < 1.29 is 4.74 Å². The highest BCUT2D eigenvalue weighted by molar-refractivity contribution is 4.81. The van der Waals surface area contributed by atoms with Gasteiger partial charge in [0.1, 0.15) is 0 Å². The number of hydrogen-bond donors (Lipinski definition) is 1. The molecule has 2 N–H and O–H groups in total. The van der Waals surface area contributed by atoms with Crippen LogP contribution >= 0.6 is 0 Å². The van der Waals surface area contributed by atoms with E-state index in [-0.39, 0.29) is 11.5 Å². The molecule has 1 saturated heterocycles. The second kappa shape index (κ2) is 5.28. The molecule has 1 rings (SSSR count). The fourth-order valence-corrected chi connectivity index (χ4v) is 1.80. The summed E-state index contributed by atoms with van der Waals surface area (Å²) in [5.74, 6) is 0. The summed E-state index contributed by atoms with van der Waals surface area (Å²) in [5, 5.41) is 0. The zero-order valence-electron chi connectivity index (χ0n) is 10.6. The highest BCUT2D eigenvalue weighted by atomic mass is 16.5. The molecule has 0 aliphatic carbocycles. The van der Waals surface area contributed by atoms with Gasteiger partial charge in [-0.05, 0) is 18.8 Å². The molecule has 1 heterocycles. The van der Waals surface area contributed by atoms with E-state index in [0.717, 1.165) is 32.7 Å². The maximum absolute atomic E-state index is 6.20. The average molecular weight is 214 g/mol. The van der Waals surface area contributed by atoms with Crippen LogP contribution in [0.4, 0.5) is 0 Å². The Kier molecular flexibility index (Phi) is 4.56. The summed E-state index contributed by atoms with van der Waals surface area (Å²) in [6, 6.07) is 0.239. The van der Waals surface area contributed by atoms with Gasteiger partial charge >= 0.3 is 0 Å². The normalized spacial score (nSPS) is 27.4. The maximum atomic E-state index is 6.20. The Labute approximate surface area is 94.0 Å². The summed E-state index contributed by atoms with van der Waals surface area (Å²) in [5.41, 5.74) is 6.39. The molecule has 2 unspecified atom stereocenters. The summed E-state index contributed by atoms with van der Waals surface area (Å²) in [6.07, 6.45) is 1.47. The molecule has 1 aliphatic heterocycles. The van der Waals surface area contributed by atoms with Crippen molar-refractivity contribution in [3.63, 3.8) is 0 Å². The molecule has 0 aromatic rings. The van der Waals surface area contributed by atoms with E-state index in [1.807, 2.05) is 0 Å². The fourth-order valence-electron chi connectivity index (χ4n) is 1.80. The molecule has 0 aromatic carbocycles. The summed E-state index contributed by atoms with van der Waals surface area (Å²) in [7, 11) is 0. The molecule has 0 bridgehead atoms. The highest BCUT2D eigenvalue weighted by Crippen LogP contribution is 2.19. The van der Waals surface area contributed by atoms with E-state index < -0.39 is 0 Å². The molecule has 90 valence electrons. The minimum absolute atomic E-state index is 0.191. The predicted octanol–water partition coefficient (Wildman–Crippen LogP) is 1.47. The van der Waals surface area contributed by atoms with Gasteiger partial charge in [0.25, 0.3) is 0 Å². The lowest BCUT2D eigenvalue weighted by atomic mass is 9.87. The first-order valence-electron chi connectivity index (χ1n) is 5.99. The van der Waals surface area contributed by atoms with Crippen LogP contribution in [0.25, 0.3) is 0 Å². The monoisotopic (exact) mass is 214 g/mol. The van der Waals surface area contributed by atoms with E-state index in [1.54, 1.807) is 0 Å². The molecule has 2 atom stereocenters. The standard InChI is InChI=1S/C12H26N2O/c1-10-8-14(6-5-7-15-10)9-11(13)12(2,3)4/h10-11H,5-9,13H2,1-4H3. The van der Waals surface area contributed by atoms with Crippen LogP contribution in [0.1, 0.15) is 34.1 Å². The average Bonchev–Trinajstić information content (AvgIpc) is 2.28. The van der Waals surface area contributed by atoms with Crippen LogP contribution in [0.3, 0.4) is 0 Å². The lowest BCUT2D eigenvalue weighted by Crippen LogP contribution is -2.46. The van der Waals surface area contributed by atoms with Crippen LogP contribution in [-0.4, -0.2) is 43.3 Å². The molecule has 15 heavy (non-hydrogen) atoms. The summed E-state index contributed by atoms with van der Waals surface area (Å²) < 4.78 is 5.62. The summed E-state index contributed by atoms with van der Waals surface area (Å²) >= 11 is 0. The van der Waals surface area contributed by atoms with Crippen molar-refractivity contribution >= 4 is 0 Å². The highest BCUT2D eigenvalue weighted by Gasteiger charge is 2.24. The molecule has 0 saturated carbocycles. The third-order valence-corrected chi connectivity index (χ3v) is 3.10. The number of nitrogens with zero attached hydrogens (tertiary/aromatic N) is 1. The van der Waals surface area contributed by atoms with Crippen molar-refractivity contribution in [2.24, 2.45) is 11.1 Å². The van der Waals surface area contributed by atoms with E-state index >= 15 is 0 Å². The Balaban J connectivity index is 2.42. The number of nitrogens with two attached hydrogens (primary N) is 1. The van der Waals surface area contributed by atoms with Crippen molar-refractivity contribution in [3.8, 4) is 0 Å². The number of hydrogen-bond acceptors (Lipinski definition) is 3. The van der Waals surface area contributed by atoms with Gasteiger partial charge in [-0.2, -0.15) is 0 Å². The molecular formula is C12H26N2O. The van der Waals surface area contributed by atoms with Crippen LogP contribution in [-0.2, 0) is 4.74 Å². The number of rotatable bonds is 2. The Hall–Kier alpha value is -0.120. The SMILES string of the molecule is CC1CN(CC(N)C(C)(C)C)CCCO1. The minimum Gasteiger partial charge on any atom is -0.377 e. The Morgan fingerprint density at radius 2 is 2.13 bits per heavy atom. The van der Waals surface area contributed by atoms with E-state index in [4.69, 9.17) is 10.5 Å². The van der Waals surface area contributed by atoms with Crippen LogP contribution < -0.4 is 5.73 Å². The zero-order valence-corrected chi connectivity index (χ0v) is 10.6. The van der Waals surface area contributed by atoms with Gasteiger partial charge in [-0.15, -0.1) is 0 Å². The summed E-state index contributed by atoms with van der Waals surface area (Å²) in [6.45, 7) is 12.8. The largest absolute Gasteiger partial charge is 0.377 e. The molecule has 3 heteroatoms. The van der Waals surface area contributed by atoms with E-state index in [1.165, 1.54) is 0 Å². The van der Waals surface area contributed by atoms with E-state index in [2.05, 4.69) is 32.6 Å². The molecule has 3 nitrogen and oxygen atoms in total. The maximum Gasteiger partial charge on any atom is 0.0673 e. The second-order valence-electron chi connectivity index (χ2n) is 5.77. The fraction of sp³-hybridized carbons (Fsp3) is 1.00. The van der Waals surface area contributed by atoms with Gasteiger partial charge < -0.3 is 10.5 Å². The van der Waals surface area contributed by atoms with Crippen LogP contribution in [0, 0.1) is 5.41 Å². The lowest BCUT2D eigenvalue weighted by molar-refractivity contribution is 0.0649. The third kappa shape index (κ3) is 4.49. The van der Waals surface area contributed by atoms with Crippen molar-refractivity contribution in [1.82, 2.24) is 4.90 Å². The summed E-state index contributed by atoms with van der Waals surface area (Å²) in [4.78, 5) is 2.44. The van der Waals surface area contributed by atoms with Gasteiger partial charge in [0.2, 0.25) is 0 Å². The van der Waals surface area contributed by atoms with Crippen molar-refractivity contribution in [1.29, 1.82) is 0 Å².